The van der Waals surface area contributed by atoms with Gasteiger partial charge in [0.15, 0.2) is 5.78 Å². The lowest BCUT2D eigenvalue weighted by Crippen LogP contribution is -2.57. The largest absolute Gasteiger partial charge is 0.375 e. The van der Waals surface area contributed by atoms with E-state index in [9.17, 15) is 9.59 Å². The maximum atomic E-state index is 12.4. The Balaban J connectivity index is 2.36. The molecule has 0 unspecified atom stereocenters. The number of carbonyl (C=O) groups is 2. The van der Waals surface area contributed by atoms with E-state index in [-0.39, 0.29) is 35.3 Å². The average molecular weight is 290 g/mol. The minimum atomic E-state index is -0.556. The number of carbonyl (C=O) groups excluding carboxylic acids is 2. The third-order valence-electron chi connectivity index (χ3n) is 4.91. The lowest BCUT2D eigenvalue weighted by molar-refractivity contribution is -0.143. The lowest BCUT2D eigenvalue weighted by Gasteiger charge is -2.53. The van der Waals surface area contributed by atoms with Crippen LogP contribution in [0.2, 0.25) is 0 Å². The number of piperidine rings is 1. The van der Waals surface area contributed by atoms with Crippen LogP contribution in [0.4, 0.5) is 0 Å². The minimum absolute atomic E-state index is 0.0374. The summed E-state index contributed by atoms with van der Waals surface area (Å²) < 4.78 is 4.92. The van der Waals surface area contributed by atoms with Crippen molar-refractivity contribution in [3.8, 4) is 0 Å². The van der Waals surface area contributed by atoms with Crippen LogP contribution in [0.5, 0.6) is 0 Å². The molecule has 0 aromatic heterocycles. The molecular formula is C16H22N2O3. The number of nitrogens with zero attached hydrogens (tertiary/aromatic N) is 2. The van der Waals surface area contributed by atoms with E-state index in [1.165, 1.54) is 7.11 Å². The summed E-state index contributed by atoms with van der Waals surface area (Å²) in [6.45, 7) is 14.4. The molecule has 1 saturated heterocycles. The molecule has 1 fully saturated rings. The number of Topliss-reactive ketones (excluding diaryl/α,β-unsaturated/α-hetero) is 1. The molecule has 5 heteroatoms. The molecule has 1 aliphatic carbocycles. The van der Waals surface area contributed by atoms with E-state index in [2.05, 4.69) is 4.85 Å². The van der Waals surface area contributed by atoms with E-state index >= 15 is 0 Å². The molecule has 21 heavy (non-hydrogen) atoms. The van der Waals surface area contributed by atoms with E-state index in [0.717, 1.165) is 6.42 Å². The highest BCUT2D eigenvalue weighted by molar-refractivity contribution is 6.02. The normalized spacial score (nSPS) is 31.2. The number of hydrogen-bond acceptors (Lipinski definition) is 3. The van der Waals surface area contributed by atoms with Gasteiger partial charge in [0.1, 0.15) is 6.61 Å². The van der Waals surface area contributed by atoms with Gasteiger partial charge in [0.05, 0.1) is 6.57 Å². The zero-order valence-corrected chi connectivity index (χ0v) is 13.1. The fourth-order valence-corrected chi connectivity index (χ4v) is 3.92. The van der Waals surface area contributed by atoms with E-state index in [4.69, 9.17) is 11.3 Å². The smallest absolute Gasteiger partial charge is 0.248 e. The predicted molar refractivity (Wildman–Crippen MR) is 78.1 cm³/mol. The fourth-order valence-electron chi connectivity index (χ4n) is 3.92. The average Bonchev–Trinajstić information content (AvgIpc) is 2.42. The molecule has 1 aliphatic heterocycles. The quantitative estimate of drug-likeness (QED) is 0.730. The molecule has 1 heterocycles. The highest BCUT2D eigenvalue weighted by Crippen LogP contribution is 2.52. The van der Waals surface area contributed by atoms with Crippen LogP contribution in [0.3, 0.4) is 0 Å². The predicted octanol–water partition coefficient (Wildman–Crippen LogP) is 1.90. The summed E-state index contributed by atoms with van der Waals surface area (Å²) in [6, 6.07) is 0. The summed E-state index contributed by atoms with van der Waals surface area (Å²) >= 11 is 0. The third-order valence-corrected chi connectivity index (χ3v) is 4.91. The van der Waals surface area contributed by atoms with Crippen LogP contribution in [0.15, 0.2) is 11.8 Å². The Kier molecular flexibility index (Phi) is 3.94. The number of fused-ring (bicyclic) bond motifs is 1. The van der Waals surface area contributed by atoms with Gasteiger partial charge >= 0.3 is 0 Å². The van der Waals surface area contributed by atoms with Crippen molar-refractivity contribution in [2.24, 2.45) is 16.7 Å². The number of methoxy groups -OCH3 is 1. The van der Waals surface area contributed by atoms with Crippen molar-refractivity contribution in [2.75, 3.05) is 26.8 Å². The van der Waals surface area contributed by atoms with Gasteiger partial charge in [-0.3, -0.25) is 4.79 Å². The monoisotopic (exact) mass is 290 g/mol. The van der Waals surface area contributed by atoms with Crippen LogP contribution in [0.25, 0.3) is 4.85 Å². The Labute approximate surface area is 125 Å². The minimum Gasteiger partial charge on any atom is -0.375 e. The molecule has 2 atom stereocenters. The molecule has 0 aromatic carbocycles. The molecule has 2 aliphatic rings. The Morgan fingerprint density at radius 2 is 2.19 bits per heavy atom. The van der Waals surface area contributed by atoms with Crippen molar-refractivity contribution in [1.29, 1.82) is 0 Å². The first-order valence-corrected chi connectivity index (χ1v) is 7.18. The molecule has 2 rings (SSSR count). The van der Waals surface area contributed by atoms with Gasteiger partial charge in [-0.15, -0.1) is 0 Å². The summed E-state index contributed by atoms with van der Waals surface area (Å²) in [6.07, 6.45) is 2.55. The third kappa shape index (κ3) is 2.49. The number of amides is 1. The van der Waals surface area contributed by atoms with E-state index in [0.29, 0.717) is 13.1 Å². The van der Waals surface area contributed by atoms with Crippen LogP contribution in [-0.4, -0.2) is 43.4 Å². The molecule has 114 valence electrons. The molecule has 1 amide bonds. The first kappa shape index (κ1) is 15.7. The van der Waals surface area contributed by atoms with Crippen molar-refractivity contribution in [3.63, 3.8) is 0 Å². The van der Waals surface area contributed by atoms with Gasteiger partial charge in [-0.05, 0) is 17.8 Å². The van der Waals surface area contributed by atoms with Gasteiger partial charge in [-0.25, -0.2) is 4.85 Å². The van der Waals surface area contributed by atoms with Crippen molar-refractivity contribution in [1.82, 2.24) is 4.90 Å². The lowest BCUT2D eigenvalue weighted by atomic mass is 9.55. The highest BCUT2D eigenvalue weighted by atomic mass is 16.5. The van der Waals surface area contributed by atoms with Crippen LogP contribution >= 0.6 is 0 Å². The zero-order chi connectivity index (χ0) is 15.8. The van der Waals surface area contributed by atoms with Gasteiger partial charge in [0.2, 0.25) is 11.6 Å². The molecule has 5 nitrogen and oxygen atoms in total. The van der Waals surface area contributed by atoms with E-state index in [1.807, 2.05) is 20.8 Å². The Hall–Kier alpha value is -1.67. The van der Waals surface area contributed by atoms with Gasteiger partial charge in [0.25, 0.3) is 0 Å². The summed E-state index contributed by atoms with van der Waals surface area (Å²) in [5.41, 5.74) is -0.682. The fraction of sp³-hybridized carbons (Fsp3) is 0.688. The second-order valence-electron chi connectivity index (χ2n) is 6.79. The molecule has 0 aromatic rings. The standard InChI is InChI=1S/C16H22N2O3/c1-15(2)12-6-7-18(13(19)9-21-5)10-16(12,3)8-11(17-4)14(15)20/h8,12H,6-7,9-10H2,1-3,5H3/t12-,16+/m1/s1. The Morgan fingerprint density at radius 3 is 2.76 bits per heavy atom. The maximum absolute atomic E-state index is 12.4. The summed E-state index contributed by atoms with van der Waals surface area (Å²) in [5, 5.41) is 0. The topological polar surface area (TPSA) is 51.0 Å². The van der Waals surface area contributed by atoms with Crippen molar-refractivity contribution < 1.29 is 14.3 Å². The van der Waals surface area contributed by atoms with Crippen LogP contribution in [0, 0.1) is 23.3 Å². The van der Waals surface area contributed by atoms with Crippen molar-refractivity contribution in [3.05, 3.63) is 23.2 Å². The number of hydrogen-bond donors (Lipinski definition) is 0. The van der Waals surface area contributed by atoms with E-state index in [1.54, 1.807) is 11.0 Å². The summed E-state index contributed by atoms with van der Waals surface area (Å²) in [4.78, 5) is 29.6. The van der Waals surface area contributed by atoms with Crippen LogP contribution in [0.1, 0.15) is 27.2 Å². The molecular weight excluding hydrogens is 268 g/mol. The van der Waals surface area contributed by atoms with Crippen LogP contribution < -0.4 is 0 Å². The van der Waals surface area contributed by atoms with Gasteiger partial charge < -0.3 is 14.4 Å². The molecule has 0 saturated carbocycles. The van der Waals surface area contributed by atoms with Crippen LogP contribution in [-0.2, 0) is 14.3 Å². The first-order valence-electron chi connectivity index (χ1n) is 7.18. The van der Waals surface area contributed by atoms with E-state index < -0.39 is 5.41 Å². The number of rotatable bonds is 2. The highest BCUT2D eigenvalue weighted by Gasteiger charge is 2.53. The first-order chi connectivity index (χ1) is 9.76. The number of ketones is 1. The van der Waals surface area contributed by atoms with Crippen molar-refractivity contribution >= 4 is 11.7 Å². The second-order valence-corrected chi connectivity index (χ2v) is 6.79. The van der Waals surface area contributed by atoms with Gasteiger partial charge in [-0.1, -0.05) is 26.8 Å². The SMILES string of the molecule is [C-]#[N+]C1=C[C@@]2(C)CN(C(=O)COC)CC[C@@H]2C(C)(C)C1=O. The number of ether oxygens (including phenoxy) is 1. The molecule has 0 spiro atoms. The van der Waals surface area contributed by atoms with Gasteiger partial charge in [0, 0.05) is 25.6 Å². The Bertz CT molecular complexity index is 544. The van der Waals surface area contributed by atoms with Crippen molar-refractivity contribution in [2.45, 2.75) is 27.2 Å². The number of allylic oxidation sites excluding steroid dienone is 1. The summed E-state index contributed by atoms with van der Waals surface area (Å²) in [5.74, 6) is 0.0379. The van der Waals surface area contributed by atoms with Gasteiger partial charge in [-0.2, -0.15) is 0 Å². The Morgan fingerprint density at radius 1 is 1.52 bits per heavy atom. The summed E-state index contributed by atoms with van der Waals surface area (Å²) in [7, 11) is 1.51. The number of likely N-dealkylation sites (tertiary alicyclic amines) is 1. The molecule has 0 radical (unpaired) electrons. The second kappa shape index (κ2) is 5.27. The maximum Gasteiger partial charge on any atom is 0.248 e. The molecule has 0 bridgehead atoms. The zero-order valence-electron chi connectivity index (χ0n) is 13.1. The molecule has 0 N–H and O–H groups in total.